The minimum atomic E-state index is -2.03. The minimum absolute atomic E-state index is 0.853. The van der Waals surface area contributed by atoms with Gasteiger partial charge in [0.1, 0.15) is 5.60 Å². The van der Waals surface area contributed by atoms with Gasteiger partial charge in [0.2, 0.25) is 0 Å². The second-order valence-corrected chi connectivity index (χ2v) is 4.61. The number of aliphatic hydroxyl groups is 1. The summed E-state index contributed by atoms with van der Waals surface area (Å²) in [5, 5.41) is 19.4. The van der Waals surface area contributed by atoms with Gasteiger partial charge in [0.05, 0.1) is 0 Å². The number of hydrogen-bond acceptors (Lipinski definition) is 3. The first kappa shape index (κ1) is 12.8. The lowest BCUT2D eigenvalue weighted by atomic mass is 9.77. The fourth-order valence-electron chi connectivity index (χ4n) is 2.19. The number of methoxy groups -OCH3 is 1. The molecule has 0 bridgehead atoms. The molecule has 0 saturated heterocycles. The average molecular weight is 248 g/mol. The highest BCUT2D eigenvalue weighted by Gasteiger charge is 2.51. The van der Waals surface area contributed by atoms with Gasteiger partial charge in [-0.1, -0.05) is 24.3 Å². The molecule has 2 atom stereocenters. The summed E-state index contributed by atoms with van der Waals surface area (Å²) in [6.45, 7) is 1.24. The van der Waals surface area contributed by atoms with Crippen LogP contribution in [0, 0.1) is 0 Å². The van der Waals surface area contributed by atoms with Crippen LogP contribution in [0.3, 0.4) is 0 Å². The van der Waals surface area contributed by atoms with E-state index in [0.29, 0.717) is 0 Å². The molecule has 4 heteroatoms. The predicted molar refractivity (Wildman–Crippen MR) is 67.1 cm³/mol. The minimum Gasteiger partial charge on any atom is -0.479 e. The van der Waals surface area contributed by atoms with Crippen LogP contribution >= 0.6 is 0 Å². The summed E-state index contributed by atoms with van der Waals surface area (Å²) < 4.78 is 5.30. The van der Waals surface area contributed by atoms with Crippen molar-refractivity contribution < 1.29 is 19.7 Å². The average Bonchev–Trinajstić information content (AvgIpc) is 2.37. The monoisotopic (exact) mass is 248 g/mol. The van der Waals surface area contributed by atoms with Crippen LogP contribution in [0.2, 0.25) is 0 Å². The highest BCUT2D eigenvalue weighted by molar-refractivity contribution is 5.80. The fraction of sp³-hybridized carbons (Fsp3) is 0.357. The maximum Gasteiger partial charge on any atom is 0.339 e. The van der Waals surface area contributed by atoms with Crippen molar-refractivity contribution in [2.24, 2.45) is 0 Å². The van der Waals surface area contributed by atoms with Gasteiger partial charge in [-0.05, 0) is 36.6 Å². The molecule has 0 amide bonds. The zero-order valence-corrected chi connectivity index (χ0v) is 10.4. The summed E-state index contributed by atoms with van der Waals surface area (Å²) in [5.41, 5.74) is -1.49. The molecule has 2 N–H and O–H groups in total. The van der Waals surface area contributed by atoms with E-state index in [1.54, 1.807) is 18.2 Å². The van der Waals surface area contributed by atoms with E-state index in [-0.39, 0.29) is 0 Å². The first-order chi connectivity index (χ1) is 8.43. The molecule has 0 radical (unpaired) electrons. The van der Waals surface area contributed by atoms with Gasteiger partial charge in [-0.3, -0.25) is 0 Å². The maximum atomic E-state index is 11.2. The lowest BCUT2D eigenvalue weighted by molar-refractivity contribution is -0.176. The van der Waals surface area contributed by atoms with Crippen LogP contribution in [-0.2, 0) is 9.53 Å². The topological polar surface area (TPSA) is 66.8 Å². The maximum absolute atomic E-state index is 11.2. The number of carbonyl (C=O) groups is 1. The molecule has 2 aliphatic carbocycles. The van der Waals surface area contributed by atoms with Gasteiger partial charge < -0.3 is 14.9 Å². The van der Waals surface area contributed by atoms with E-state index in [1.165, 1.54) is 14.0 Å². The van der Waals surface area contributed by atoms with E-state index in [4.69, 9.17) is 9.84 Å². The van der Waals surface area contributed by atoms with Crippen LogP contribution in [0.15, 0.2) is 47.6 Å². The third-order valence-electron chi connectivity index (χ3n) is 3.50. The highest BCUT2D eigenvalue weighted by atomic mass is 16.5. The summed E-state index contributed by atoms with van der Waals surface area (Å²) in [7, 11) is 1.39. The number of carboxylic acids is 1. The molecule has 2 aliphatic rings. The smallest absolute Gasteiger partial charge is 0.339 e. The zero-order valence-electron chi connectivity index (χ0n) is 10.4. The first-order valence-corrected chi connectivity index (χ1v) is 5.73. The molecule has 0 fully saturated rings. The summed E-state index contributed by atoms with van der Waals surface area (Å²) in [6.07, 6.45) is 11.8. The molecule has 2 unspecified atom stereocenters. The van der Waals surface area contributed by atoms with Crippen molar-refractivity contribution >= 4 is 5.97 Å². The number of ether oxygens (including phenoxy) is 1. The third-order valence-corrected chi connectivity index (χ3v) is 3.50. The van der Waals surface area contributed by atoms with Crippen LogP contribution in [0.1, 0.15) is 13.3 Å². The molecule has 0 aromatic heterocycles. The quantitative estimate of drug-likeness (QED) is 0.796. The van der Waals surface area contributed by atoms with Crippen molar-refractivity contribution in [2.45, 2.75) is 24.5 Å². The largest absolute Gasteiger partial charge is 0.479 e. The van der Waals surface area contributed by atoms with E-state index >= 15 is 0 Å². The molecule has 0 aromatic carbocycles. The van der Waals surface area contributed by atoms with Crippen molar-refractivity contribution in [1.29, 1.82) is 0 Å². The summed E-state index contributed by atoms with van der Waals surface area (Å²) in [4.78, 5) is 11.2. The molecular formula is C14H16O4. The molecule has 0 spiro atoms. The van der Waals surface area contributed by atoms with Crippen molar-refractivity contribution in [3.05, 3.63) is 47.6 Å². The number of allylic oxidation sites excluding steroid dienone is 6. The van der Waals surface area contributed by atoms with Crippen molar-refractivity contribution in [3.63, 3.8) is 0 Å². The summed E-state index contributed by atoms with van der Waals surface area (Å²) >= 11 is 0. The Hall–Kier alpha value is -1.65. The van der Waals surface area contributed by atoms with Crippen LogP contribution in [0.5, 0.6) is 0 Å². The van der Waals surface area contributed by atoms with Gasteiger partial charge in [0.15, 0.2) is 5.60 Å². The first-order valence-electron chi connectivity index (χ1n) is 5.73. The molecule has 4 nitrogen and oxygen atoms in total. The second kappa shape index (κ2) is 4.23. The number of aliphatic carboxylic acids is 1. The molecule has 18 heavy (non-hydrogen) atoms. The molecule has 0 saturated carbocycles. The number of fused-ring (bicyclic) bond motifs is 1. The van der Waals surface area contributed by atoms with Gasteiger partial charge in [0, 0.05) is 7.11 Å². The number of carboxylic acid groups (broad SMARTS) is 1. The number of rotatable bonds is 3. The van der Waals surface area contributed by atoms with Crippen molar-refractivity contribution in [3.8, 4) is 0 Å². The van der Waals surface area contributed by atoms with Gasteiger partial charge in [-0.25, -0.2) is 4.79 Å². The number of hydrogen-bond donors (Lipinski definition) is 2. The van der Waals surface area contributed by atoms with Gasteiger partial charge in [0.25, 0.3) is 0 Å². The lowest BCUT2D eigenvalue weighted by Gasteiger charge is -2.39. The Labute approximate surface area is 106 Å². The molecule has 0 aromatic rings. The molecule has 2 rings (SSSR count). The Kier molecular flexibility index (Phi) is 3.00. The SMILES string of the molecule is COC1(C(C)(O)C(=O)O)C=CC2=CCC=CC2=C1. The van der Waals surface area contributed by atoms with Crippen LogP contribution < -0.4 is 0 Å². The van der Waals surface area contributed by atoms with Crippen molar-refractivity contribution in [1.82, 2.24) is 0 Å². The standard InChI is InChI=1S/C14H16O4/c1-13(17,12(15)16)14(18-2)8-7-10-5-3-4-6-11(10)9-14/h4-9,17H,3H2,1-2H3,(H,15,16). The fourth-order valence-corrected chi connectivity index (χ4v) is 2.19. The van der Waals surface area contributed by atoms with E-state index in [9.17, 15) is 9.90 Å². The Morgan fingerprint density at radius 2 is 2.17 bits per heavy atom. The Bertz CT molecular complexity index is 494. The van der Waals surface area contributed by atoms with Gasteiger partial charge in [-0.15, -0.1) is 0 Å². The Balaban J connectivity index is 2.51. The Morgan fingerprint density at radius 1 is 1.44 bits per heavy atom. The van der Waals surface area contributed by atoms with Crippen LogP contribution in [0.4, 0.5) is 0 Å². The predicted octanol–water partition coefficient (Wildman–Crippen LogP) is 1.59. The van der Waals surface area contributed by atoms with Crippen molar-refractivity contribution in [2.75, 3.05) is 7.11 Å². The van der Waals surface area contributed by atoms with E-state index in [2.05, 4.69) is 0 Å². The van der Waals surface area contributed by atoms with E-state index in [1.807, 2.05) is 18.2 Å². The third kappa shape index (κ3) is 1.74. The zero-order chi connectivity index (χ0) is 13.4. The summed E-state index contributed by atoms with van der Waals surface area (Å²) in [5.74, 6) is -1.32. The molecule has 0 heterocycles. The molecule has 96 valence electrons. The Morgan fingerprint density at radius 3 is 2.78 bits per heavy atom. The second-order valence-electron chi connectivity index (χ2n) is 4.61. The highest BCUT2D eigenvalue weighted by Crippen LogP contribution is 2.37. The molecule has 0 aliphatic heterocycles. The summed E-state index contributed by atoms with van der Waals surface area (Å²) in [6, 6.07) is 0. The van der Waals surface area contributed by atoms with E-state index < -0.39 is 17.2 Å². The normalized spacial score (nSPS) is 29.1. The molecular weight excluding hydrogens is 232 g/mol. The van der Waals surface area contributed by atoms with Gasteiger partial charge >= 0.3 is 5.97 Å². The van der Waals surface area contributed by atoms with E-state index in [0.717, 1.165) is 17.6 Å². The van der Waals surface area contributed by atoms with Crippen LogP contribution in [-0.4, -0.2) is 34.5 Å². The van der Waals surface area contributed by atoms with Crippen LogP contribution in [0.25, 0.3) is 0 Å². The lowest BCUT2D eigenvalue weighted by Crippen LogP contribution is -2.57. The van der Waals surface area contributed by atoms with Gasteiger partial charge in [-0.2, -0.15) is 0 Å².